The van der Waals surface area contributed by atoms with Gasteiger partial charge in [0.1, 0.15) is 17.1 Å². The Morgan fingerprint density at radius 2 is 2.07 bits per heavy atom. The minimum absolute atomic E-state index is 0.445. The third kappa shape index (κ3) is 3.36. The van der Waals surface area contributed by atoms with Crippen molar-refractivity contribution in [1.29, 1.82) is 0 Å². The summed E-state index contributed by atoms with van der Waals surface area (Å²) >= 11 is 8.57. The Bertz CT molecular complexity index is 1140. The Morgan fingerprint density at radius 3 is 2.93 bits per heavy atom. The number of halogens is 2. The first kappa shape index (κ1) is 18.5. The fourth-order valence-corrected chi connectivity index (χ4v) is 5.51. The number of nitrogens with zero attached hydrogens (tertiary/aromatic N) is 5. The summed E-state index contributed by atoms with van der Waals surface area (Å²) < 4.78 is 4.26. The van der Waals surface area contributed by atoms with E-state index in [1.807, 2.05) is 16.7 Å². The maximum atomic E-state index is 6.22. The van der Waals surface area contributed by atoms with E-state index in [4.69, 9.17) is 11.6 Å². The highest BCUT2D eigenvalue weighted by Crippen LogP contribution is 2.43. The molecule has 5 rings (SSSR count). The van der Waals surface area contributed by atoms with Crippen LogP contribution in [-0.4, -0.2) is 24.1 Å². The zero-order valence-corrected chi connectivity index (χ0v) is 18.9. The van der Waals surface area contributed by atoms with Crippen molar-refractivity contribution < 1.29 is 0 Å². The molecule has 0 radical (unpaired) electrons. The lowest BCUT2D eigenvalue weighted by Gasteiger charge is -2.15. The van der Waals surface area contributed by atoms with E-state index in [2.05, 4.69) is 78.3 Å². The molecule has 3 atom stereocenters. The monoisotopic (exact) mass is 521 g/mol. The van der Waals surface area contributed by atoms with Gasteiger partial charge in [-0.3, -0.25) is 0 Å². The standard InChI is InChI=1S/C20H18ClIN5P/c21-19-18-6-7-26(20(18)24-12-23-19)17-5-4-15(9-17)13-2-1-3-14(8-13)16-10-25-27(11-16)28-22/h1-3,6-8,10-12,15,17,28H,4-5,9H2. The van der Waals surface area contributed by atoms with E-state index in [1.165, 1.54) is 23.1 Å². The molecule has 1 aliphatic rings. The van der Waals surface area contributed by atoms with Gasteiger partial charge in [-0.1, -0.05) is 35.9 Å². The average molecular weight is 522 g/mol. The molecule has 8 heteroatoms. The van der Waals surface area contributed by atoms with Crippen LogP contribution in [0.15, 0.2) is 55.2 Å². The zero-order chi connectivity index (χ0) is 19.1. The molecular formula is C20H18ClIN5P. The van der Waals surface area contributed by atoms with Crippen LogP contribution in [0.25, 0.3) is 22.2 Å². The third-order valence-electron chi connectivity index (χ3n) is 5.62. The lowest BCUT2D eigenvalue weighted by atomic mass is 9.94. The van der Waals surface area contributed by atoms with Crippen molar-refractivity contribution in [3.8, 4) is 11.1 Å². The van der Waals surface area contributed by atoms with Gasteiger partial charge in [0.2, 0.25) is 0 Å². The van der Waals surface area contributed by atoms with Gasteiger partial charge in [-0.25, -0.2) is 14.4 Å². The van der Waals surface area contributed by atoms with Crippen LogP contribution >= 0.6 is 40.0 Å². The highest BCUT2D eigenvalue weighted by Gasteiger charge is 2.28. The molecule has 0 aliphatic heterocycles. The molecule has 0 bridgehead atoms. The summed E-state index contributed by atoms with van der Waals surface area (Å²) in [6.07, 6.45) is 11.8. The van der Waals surface area contributed by atoms with Gasteiger partial charge in [-0.05, 0) is 64.4 Å². The number of hydrogen-bond donors (Lipinski definition) is 0. The fourth-order valence-electron chi connectivity index (χ4n) is 4.24. The highest BCUT2D eigenvalue weighted by atomic mass is 127. The highest BCUT2D eigenvalue weighted by molar-refractivity contribution is 14.2. The first-order valence-electron chi connectivity index (χ1n) is 9.21. The SMILES string of the molecule is Clc1ncnc2c1ccn2C1CCC(c2cccc(-c3cnn(PI)c3)c2)C1. The van der Waals surface area contributed by atoms with Gasteiger partial charge < -0.3 is 4.57 Å². The Kier molecular flexibility index (Phi) is 5.11. The second-order valence-electron chi connectivity index (χ2n) is 7.17. The van der Waals surface area contributed by atoms with E-state index in [9.17, 15) is 0 Å². The second kappa shape index (κ2) is 7.73. The van der Waals surface area contributed by atoms with Crippen molar-refractivity contribution in [3.05, 3.63) is 66.0 Å². The largest absolute Gasteiger partial charge is 0.329 e. The lowest BCUT2D eigenvalue weighted by Crippen LogP contribution is -2.05. The summed E-state index contributed by atoms with van der Waals surface area (Å²) in [5.74, 6) is 0.557. The molecule has 3 unspecified atom stereocenters. The van der Waals surface area contributed by atoms with Crippen LogP contribution in [0.3, 0.4) is 0 Å². The van der Waals surface area contributed by atoms with Crippen LogP contribution in [0.4, 0.5) is 0 Å². The van der Waals surface area contributed by atoms with Crippen molar-refractivity contribution in [2.75, 3.05) is 0 Å². The van der Waals surface area contributed by atoms with Crippen molar-refractivity contribution in [2.24, 2.45) is 0 Å². The Balaban J connectivity index is 1.40. The Labute approximate surface area is 182 Å². The molecule has 142 valence electrons. The fraction of sp³-hybridized carbons (Fsp3) is 0.250. The van der Waals surface area contributed by atoms with Gasteiger partial charge in [0.25, 0.3) is 0 Å². The summed E-state index contributed by atoms with van der Waals surface area (Å²) in [6.45, 7) is 0. The topological polar surface area (TPSA) is 48.5 Å². The molecule has 3 heterocycles. The minimum Gasteiger partial charge on any atom is -0.329 e. The summed E-state index contributed by atoms with van der Waals surface area (Å²) in [4.78, 5) is 8.56. The molecule has 1 fully saturated rings. The molecule has 0 saturated heterocycles. The van der Waals surface area contributed by atoms with Crippen LogP contribution in [0.2, 0.25) is 5.15 Å². The van der Waals surface area contributed by atoms with Gasteiger partial charge in [0, 0.05) is 24.0 Å². The maximum absolute atomic E-state index is 6.22. The van der Waals surface area contributed by atoms with Crippen LogP contribution in [0, 0.1) is 0 Å². The molecule has 0 amide bonds. The van der Waals surface area contributed by atoms with E-state index < -0.39 is 0 Å². The first-order valence-corrected chi connectivity index (χ1v) is 13.7. The number of benzene rings is 1. The van der Waals surface area contributed by atoms with Crippen LogP contribution in [0.1, 0.15) is 36.8 Å². The molecule has 0 N–H and O–H groups in total. The second-order valence-corrected chi connectivity index (χ2v) is 9.60. The number of aromatic nitrogens is 5. The predicted molar refractivity (Wildman–Crippen MR) is 124 cm³/mol. The first-order chi connectivity index (χ1) is 13.7. The molecule has 4 aromatic rings. The zero-order valence-electron chi connectivity index (χ0n) is 15.0. The average Bonchev–Trinajstić information content (AvgIpc) is 3.46. The number of rotatable bonds is 4. The quantitative estimate of drug-likeness (QED) is 0.181. The van der Waals surface area contributed by atoms with Crippen molar-refractivity contribution in [3.63, 3.8) is 0 Å². The minimum atomic E-state index is 0.445. The van der Waals surface area contributed by atoms with E-state index in [0.717, 1.165) is 23.9 Å². The van der Waals surface area contributed by atoms with Crippen molar-refractivity contribution >= 4 is 51.0 Å². The molecule has 28 heavy (non-hydrogen) atoms. The Morgan fingerprint density at radius 1 is 1.14 bits per heavy atom. The van der Waals surface area contributed by atoms with E-state index >= 15 is 0 Å². The van der Waals surface area contributed by atoms with Gasteiger partial charge >= 0.3 is 0 Å². The van der Waals surface area contributed by atoms with Crippen LogP contribution < -0.4 is 0 Å². The number of fused-ring (bicyclic) bond motifs is 1. The molecule has 5 nitrogen and oxygen atoms in total. The maximum Gasteiger partial charge on any atom is 0.145 e. The normalized spacial score (nSPS) is 19.9. The molecular weight excluding hydrogens is 504 g/mol. The molecule has 3 aromatic heterocycles. The van der Waals surface area contributed by atoms with E-state index in [1.54, 1.807) is 6.33 Å². The van der Waals surface area contributed by atoms with Gasteiger partial charge in [-0.2, -0.15) is 5.10 Å². The van der Waals surface area contributed by atoms with Gasteiger partial charge in [0.15, 0.2) is 0 Å². The van der Waals surface area contributed by atoms with E-state index in [0.29, 0.717) is 23.5 Å². The van der Waals surface area contributed by atoms with E-state index in [-0.39, 0.29) is 0 Å². The van der Waals surface area contributed by atoms with Gasteiger partial charge in [-0.15, -0.1) is 0 Å². The summed E-state index contributed by atoms with van der Waals surface area (Å²) in [5, 5.41) is 5.87. The van der Waals surface area contributed by atoms with Crippen LogP contribution in [-0.2, 0) is 0 Å². The van der Waals surface area contributed by atoms with Crippen molar-refractivity contribution in [1.82, 2.24) is 24.1 Å². The van der Waals surface area contributed by atoms with Crippen molar-refractivity contribution in [2.45, 2.75) is 31.2 Å². The molecule has 1 aliphatic carbocycles. The summed E-state index contributed by atoms with van der Waals surface area (Å²) in [6, 6.07) is 11.4. The molecule has 1 saturated carbocycles. The van der Waals surface area contributed by atoms with Crippen LogP contribution in [0.5, 0.6) is 0 Å². The third-order valence-corrected chi connectivity index (χ3v) is 7.82. The van der Waals surface area contributed by atoms with Gasteiger partial charge in [0.05, 0.1) is 18.0 Å². The smallest absolute Gasteiger partial charge is 0.145 e. The molecule has 0 spiro atoms. The Hall–Kier alpha value is -1.50. The summed E-state index contributed by atoms with van der Waals surface area (Å²) in [5.41, 5.74) is 4.77. The molecule has 1 aromatic carbocycles. The lowest BCUT2D eigenvalue weighted by molar-refractivity contribution is 0.523. The number of hydrogen-bond acceptors (Lipinski definition) is 3. The predicted octanol–water partition coefficient (Wildman–Crippen LogP) is 6.25. The summed E-state index contributed by atoms with van der Waals surface area (Å²) in [7, 11) is 0.